The van der Waals surface area contributed by atoms with Gasteiger partial charge in [-0.3, -0.25) is 4.79 Å². The lowest BCUT2D eigenvalue weighted by atomic mass is 9.83. The van der Waals surface area contributed by atoms with Crippen molar-refractivity contribution in [3.8, 4) is 0 Å². The van der Waals surface area contributed by atoms with Crippen LogP contribution in [0.5, 0.6) is 0 Å². The van der Waals surface area contributed by atoms with Crippen molar-refractivity contribution in [3.63, 3.8) is 0 Å². The molecule has 1 amide bonds. The van der Waals surface area contributed by atoms with Gasteiger partial charge in [-0.2, -0.15) is 0 Å². The molecule has 1 fully saturated rings. The molecule has 3 rings (SSSR count). The molecule has 0 N–H and O–H groups in total. The van der Waals surface area contributed by atoms with Crippen molar-refractivity contribution in [1.29, 1.82) is 0 Å². The van der Waals surface area contributed by atoms with E-state index in [-0.39, 0.29) is 17.9 Å². The first-order valence-electron chi connectivity index (χ1n) is 7.48. The van der Waals surface area contributed by atoms with E-state index in [9.17, 15) is 4.79 Å². The van der Waals surface area contributed by atoms with Crippen LogP contribution in [0.15, 0.2) is 16.6 Å². The zero-order valence-electron chi connectivity index (χ0n) is 12.5. The normalized spacial score (nSPS) is 25.9. The Morgan fingerprint density at radius 1 is 1.38 bits per heavy atom. The number of hydrogen-bond donors (Lipinski definition) is 0. The molecule has 0 unspecified atom stereocenters. The van der Waals surface area contributed by atoms with Gasteiger partial charge in [-0.15, -0.1) is 10.2 Å². The molecule has 21 heavy (non-hydrogen) atoms. The average molecular weight is 291 g/mol. The van der Waals surface area contributed by atoms with E-state index in [0.29, 0.717) is 37.4 Å². The highest BCUT2D eigenvalue weighted by Crippen LogP contribution is 2.28. The Labute approximate surface area is 124 Å². The molecule has 1 saturated heterocycles. The number of amides is 1. The number of nitrogens with zero attached hydrogens (tertiary/aromatic N) is 3. The number of hydrogen-bond acceptors (Lipinski definition) is 5. The Bertz CT molecular complexity index is 534. The third kappa shape index (κ3) is 3.15. The van der Waals surface area contributed by atoms with E-state index in [4.69, 9.17) is 9.15 Å². The fraction of sp³-hybridized carbons (Fsp3) is 0.667. The fourth-order valence-electron chi connectivity index (χ4n) is 2.84. The quantitative estimate of drug-likeness (QED) is 0.790. The smallest absolute Gasteiger partial charge is 0.242 e. The van der Waals surface area contributed by atoms with Crippen LogP contribution in [-0.2, 0) is 16.1 Å². The molecule has 114 valence electrons. The van der Waals surface area contributed by atoms with Gasteiger partial charge in [0, 0.05) is 25.9 Å². The van der Waals surface area contributed by atoms with Gasteiger partial charge in [0.2, 0.25) is 17.7 Å². The van der Waals surface area contributed by atoms with Gasteiger partial charge in [0.15, 0.2) is 0 Å². The lowest BCUT2D eigenvalue weighted by Crippen LogP contribution is -2.57. The van der Waals surface area contributed by atoms with Crippen LogP contribution >= 0.6 is 0 Å². The summed E-state index contributed by atoms with van der Waals surface area (Å²) in [6.45, 7) is 5.55. The number of likely N-dealkylation sites (tertiary alicyclic amines) is 1. The summed E-state index contributed by atoms with van der Waals surface area (Å²) < 4.78 is 10.9. The highest BCUT2D eigenvalue weighted by atomic mass is 16.5. The summed E-state index contributed by atoms with van der Waals surface area (Å²) in [4.78, 5) is 14.3. The van der Waals surface area contributed by atoms with Crippen LogP contribution in [0.25, 0.3) is 0 Å². The number of aromatic nitrogens is 2. The number of aryl methyl sites for hydroxylation is 1. The third-order valence-corrected chi connectivity index (χ3v) is 4.24. The van der Waals surface area contributed by atoms with Gasteiger partial charge in [-0.05, 0) is 18.8 Å². The molecule has 0 spiro atoms. The van der Waals surface area contributed by atoms with E-state index in [1.165, 1.54) is 0 Å². The topological polar surface area (TPSA) is 68.5 Å². The van der Waals surface area contributed by atoms with Crippen molar-refractivity contribution in [1.82, 2.24) is 15.1 Å². The Kier molecular flexibility index (Phi) is 4.05. The Morgan fingerprint density at radius 2 is 2.14 bits per heavy atom. The largest absolute Gasteiger partial charge is 0.423 e. The Morgan fingerprint density at radius 3 is 2.81 bits per heavy atom. The first-order chi connectivity index (χ1) is 10.1. The van der Waals surface area contributed by atoms with E-state index in [2.05, 4.69) is 29.3 Å². The zero-order chi connectivity index (χ0) is 14.8. The maximum absolute atomic E-state index is 12.4. The van der Waals surface area contributed by atoms with E-state index < -0.39 is 0 Å². The number of allylic oxidation sites excluding steroid dienone is 2. The molecule has 0 aromatic carbocycles. The van der Waals surface area contributed by atoms with Crippen LogP contribution in [0.4, 0.5) is 0 Å². The molecule has 1 aromatic rings. The molecule has 1 aliphatic carbocycles. The molecule has 0 radical (unpaired) electrons. The van der Waals surface area contributed by atoms with E-state index in [0.717, 1.165) is 12.8 Å². The fourth-order valence-corrected chi connectivity index (χ4v) is 2.84. The lowest BCUT2D eigenvalue weighted by molar-refractivity contribution is -0.152. The minimum absolute atomic E-state index is 0.0793. The molecule has 2 atom stereocenters. The van der Waals surface area contributed by atoms with Gasteiger partial charge in [-0.1, -0.05) is 19.1 Å². The van der Waals surface area contributed by atoms with Gasteiger partial charge in [-0.25, -0.2) is 0 Å². The number of carbonyl (C=O) groups is 1. The maximum atomic E-state index is 12.4. The molecular weight excluding hydrogens is 270 g/mol. The molecule has 2 aliphatic rings. The highest BCUT2D eigenvalue weighted by molar-refractivity contribution is 5.80. The van der Waals surface area contributed by atoms with Crippen LogP contribution in [0.2, 0.25) is 0 Å². The number of rotatable bonds is 4. The lowest BCUT2D eigenvalue weighted by Gasteiger charge is -2.41. The molecule has 0 bridgehead atoms. The molecule has 6 nitrogen and oxygen atoms in total. The minimum Gasteiger partial charge on any atom is -0.423 e. The van der Waals surface area contributed by atoms with Crippen LogP contribution in [0.3, 0.4) is 0 Å². The van der Waals surface area contributed by atoms with Crippen molar-refractivity contribution in [2.75, 3.05) is 13.1 Å². The van der Waals surface area contributed by atoms with Gasteiger partial charge in [0.1, 0.15) is 6.61 Å². The monoisotopic (exact) mass is 291 g/mol. The average Bonchev–Trinajstić information content (AvgIpc) is 2.83. The van der Waals surface area contributed by atoms with E-state index >= 15 is 0 Å². The Balaban J connectivity index is 1.43. The van der Waals surface area contributed by atoms with Gasteiger partial charge < -0.3 is 14.1 Å². The molecular formula is C15H21N3O3. The first kappa shape index (κ1) is 14.3. The summed E-state index contributed by atoms with van der Waals surface area (Å²) in [5.74, 6) is 1.86. The highest BCUT2D eigenvalue weighted by Gasteiger charge is 2.37. The zero-order valence-corrected chi connectivity index (χ0v) is 12.5. The standard InChI is InChI=1S/C15H21N3O3/c1-10-5-3-4-6-13(10)15(19)18-7-12(8-18)20-9-14-17-16-11(2)21-14/h3-4,10,12-13H,5-9H2,1-2H3/t10-,13-/m1/s1. The number of carbonyl (C=O) groups excluding carboxylic acids is 1. The summed E-state index contributed by atoms with van der Waals surface area (Å²) in [5, 5.41) is 7.64. The molecule has 6 heteroatoms. The molecule has 0 saturated carbocycles. The summed E-state index contributed by atoms with van der Waals surface area (Å²) in [6, 6.07) is 0. The van der Waals surface area contributed by atoms with Crippen LogP contribution in [0.1, 0.15) is 31.5 Å². The number of ether oxygens (including phenoxy) is 1. The minimum atomic E-state index is 0.0793. The van der Waals surface area contributed by atoms with Crippen molar-refractivity contribution < 1.29 is 13.9 Å². The van der Waals surface area contributed by atoms with Crippen molar-refractivity contribution in [2.45, 2.75) is 39.4 Å². The summed E-state index contributed by atoms with van der Waals surface area (Å²) >= 11 is 0. The maximum Gasteiger partial charge on any atom is 0.242 e. The third-order valence-electron chi connectivity index (χ3n) is 4.24. The second kappa shape index (κ2) is 5.97. The van der Waals surface area contributed by atoms with Crippen LogP contribution in [-0.4, -0.2) is 40.2 Å². The Hall–Kier alpha value is -1.69. The van der Waals surface area contributed by atoms with Gasteiger partial charge in [0.25, 0.3) is 0 Å². The molecule has 1 aromatic heterocycles. The van der Waals surface area contributed by atoms with Crippen LogP contribution in [0, 0.1) is 18.8 Å². The van der Waals surface area contributed by atoms with Gasteiger partial charge in [0.05, 0.1) is 6.10 Å². The second-order valence-corrected chi connectivity index (χ2v) is 5.92. The summed E-state index contributed by atoms with van der Waals surface area (Å²) in [5.41, 5.74) is 0. The molecule has 1 aliphatic heterocycles. The first-order valence-corrected chi connectivity index (χ1v) is 7.48. The molecule has 2 heterocycles. The predicted octanol–water partition coefficient (Wildman–Crippen LogP) is 1.71. The summed E-state index contributed by atoms with van der Waals surface area (Å²) in [7, 11) is 0. The summed E-state index contributed by atoms with van der Waals surface area (Å²) in [6.07, 6.45) is 6.23. The SMILES string of the molecule is Cc1nnc(COC2CN(C(=O)[C@@H]3CC=CC[C@H]3C)C2)o1. The van der Waals surface area contributed by atoms with Crippen molar-refractivity contribution in [2.24, 2.45) is 11.8 Å². The van der Waals surface area contributed by atoms with Gasteiger partial charge >= 0.3 is 0 Å². The van der Waals surface area contributed by atoms with E-state index in [1.807, 2.05) is 4.90 Å². The van der Waals surface area contributed by atoms with E-state index in [1.54, 1.807) is 6.92 Å². The van der Waals surface area contributed by atoms with Crippen molar-refractivity contribution >= 4 is 5.91 Å². The predicted molar refractivity (Wildman–Crippen MR) is 75.2 cm³/mol. The van der Waals surface area contributed by atoms with Crippen molar-refractivity contribution in [3.05, 3.63) is 23.9 Å². The second-order valence-electron chi connectivity index (χ2n) is 5.92. The van der Waals surface area contributed by atoms with Crippen LogP contribution < -0.4 is 0 Å².